The maximum Gasteiger partial charge on any atom is 0.279 e. The van der Waals surface area contributed by atoms with Crippen LogP contribution in [0.25, 0.3) is 10.2 Å². The Morgan fingerprint density at radius 3 is 2.65 bits per heavy atom. The number of carbonyl (C=O) groups excluding carboxylic acids is 1. The molecule has 0 N–H and O–H groups in total. The molecule has 134 valence electrons. The molecule has 0 spiro atoms. The molecule has 0 radical (unpaired) electrons. The van der Waals surface area contributed by atoms with Crippen LogP contribution in [0.15, 0.2) is 41.4 Å². The first-order valence-electron chi connectivity index (χ1n) is 8.75. The van der Waals surface area contributed by atoms with Crippen molar-refractivity contribution in [2.45, 2.75) is 26.8 Å². The van der Waals surface area contributed by atoms with Crippen LogP contribution in [-0.4, -0.2) is 23.7 Å². The summed E-state index contributed by atoms with van der Waals surface area (Å²) in [7, 11) is 0. The Morgan fingerprint density at radius 1 is 1.19 bits per heavy atom. The lowest BCUT2D eigenvalue weighted by Gasteiger charge is -2.18. The number of carbonyl (C=O) groups is 1. The van der Waals surface area contributed by atoms with Gasteiger partial charge in [0.25, 0.3) is 5.91 Å². The van der Waals surface area contributed by atoms with Crippen molar-refractivity contribution in [2.75, 3.05) is 13.2 Å². The van der Waals surface area contributed by atoms with Gasteiger partial charge >= 0.3 is 0 Å². The molecule has 5 nitrogen and oxygen atoms in total. The molecule has 0 bridgehead atoms. The fourth-order valence-electron chi connectivity index (χ4n) is 3.09. The lowest BCUT2D eigenvalue weighted by atomic mass is 10.1. The number of fused-ring (bicyclic) bond motifs is 2. The van der Waals surface area contributed by atoms with Crippen molar-refractivity contribution in [3.8, 4) is 11.5 Å². The second kappa shape index (κ2) is 6.96. The first-order chi connectivity index (χ1) is 12.7. The lowest BCUT2D eigenvalue weighted by Crippen LogP contribution is -2.18. The lowest BCUT2D eigenvalue weighted by molar-refractivity contribution is 0.0997. The third kappa shape index (κ3) is 3.01. The zero-order valence-corrected chi connectivity index (χ0v) is 15.6. The minimum atomic E-state index is -0.211. The number of ether oxygens (including phenoxy) is 2. The van der Waals surface area contributed by atoms with Gasteiger partial charge in [-0.1, -0.05) is 36.5 Å². The summed E-state index contributed by atoms with van der Waals surface area (Å²) in [4.78, 5) is 17.8. The van der Waals surface area contributed by atoms with E-state index in [1.165, 1.54) is 11.3 Å². The summed E-state index contributed by atoms with van der Waals surface area (Å²) >= 11 is 1.51. The van der Waals surface area contributed by atoms with Gasteiger partial charge < -0.3 is 14.0 Å². The summed E-state index contributed by atoms with van der Waals surface area (Å²) in [6, 6.07) is 11.5. The second-order valence-electron chi connectivity index (χ2n) is 6.23. The molecule has 1 aliphatic rings. The van der Waals surface area contributed by atoms with E-state index in [9.17, 15) is 4.79 Å². The Balaban J connectivity index is 1.87. The molecule has 1 aliphatic heterocycles. The molecule has 1 amide bonds. The van der Waals surface area contributed by atoms with Crippen LogP contribution in [0.2, 0.25) is 0 Å². The molecule has 0 saturated heterocycles. The Hall–Kier alpha value is -2.60. The molecule has 2 heterocycles. The van der Waals surface area contributed by atoms with Gasteiger partial charge in [-0.25, -0.2) is 0 Å². The van der Waals surface area contributed by atoms with Crippen LogP contribution in [0.3, 0.4) is 0 Å². The molecule has 2 aromatic carbocycles. The summed E-state index contributed by atoms with van der Waals surface area (Å²) < 4.78 is 14.5. The van der Waals surface area contributed by atoms with Crippen LogP contribution in [0.4, 0.5) is 0 Å². The van der Waals surface area contributed by atoms with Gasteiger partial charge in [0.05, 0.1) is 10.2 Å². The molecular weight excluding hydrogens is 348 g/mol. The van der Waals surface area contributed by atoms with Crippen molar-refractivity contribution in [3.63, 3.8) is 0 Å². The van der Waals surface area contributed by atoms with Crippen molar-refractivity contribution < 1.29 is 14.3 Å². The fourth-order valence-corrected chi connectivity index (χ4v) is 4.16. The molecule has 0 unspecified atom stereocenters. The van der Waals surface area contributed by atoms with E-state index in [0.717, 1.165) is 40.2 Å². The normalized spacial score (nSPS) is 14.0. The number of benzene rings is 2. The SMILES string of the molecule is CCCn1c(=NC(=O)c2ccccc2C)sc2cc3c(cc21)OCCO3. The van der Waals surface area contributed by atoms with E-state index in [-0.39, 0.29) is 5.91 Å². The number of amides is 1. The maximum absolute atomic E-state index is 12.7. The highest BCUT2D eigenvalue weighted by atomic mass is 32.1. The predicted octanol–water partition coefficient (Wildman–Crippen LogP) is 3.93. The first kappa shape index (κ1) is 16.8. The van der Waals surface area contributed by atoms with Crippen molar-refractivity contribution in [1.29, 1.82) is 0 Å². The zero-order valence-electron chi connectivity index (χ0n) is 14.8. The molecule has 0 saturated carbocycles. The van der Waals surface area contributed by atoms with Gasteiger partial charge in [-0.05, 0) is 25.0 Å². The minimum absolute atomic E-state index is 0.211. The van der Waals surface area contributed by atoms with Crippen molar-refractivity contribution in [3.05, 3.63) is 52.3 Å². The van der Waals surface area contributed by atoms with E-state index >= 15 is 0 Å². The van der Waals surface area contributed by atoms with Crippen LogP contribution >= 0.6 is 11.3 Å². The van der Waals surface area contributed by atoms with Crippen molar-refractivity contribution in [1.82, 2.24) is 4.57 Å². The van der Waals surface area contributed by atoms with Crippen molar-refractivity contribution in [2.24, 2.45) is 4.99 Å². The van der Waals surface area contributed by atoms with Gasteiger partial charge in [-0.2, -0.15) is 4.99 Å². The number of thiazole rings is 1. The number of hydrogen-bond acceptors (Lipinski definition) is 4. The van der Waals surface area contributed by atoms with E-state index in [2.05, 4.69) is 16.5 Å². The minimum Gasteiger partial charge on any atom is -0.486 e. The van der Waals surface area contributed by atoms with E-state index in [4.69, 9.17) is 9.47 Å². The maximum atomic E-state index is 12.7. The molecule has 4 rings (SSSR count). The Bertz CT molecular complexity index is 1050. The van der Waals surface area contributed by atoms with E-state index < -0.39 is 0 Å². The van der Waals surface area contributed by atoms with E-state index in [0.29, 0.717) is 23.6 Å². The zero-order chi connectivity index (χ0) is 18.1. The topological polar surface area (TPSA) is 52.8 Å². The van der Waals surface area contributed by atoms with Gasteiger partial charge in [0.15, 0.2) is 16.3 Å². The van der Waals surface area contributed by atoms with Crippen LogP contribution in [0, 0.1) is 6.92 Å². The van der Waals surface area contributed by atoms with Crippen LogP contribution in [0.5, 0.6) is 11.5 Å². The van der Waals surface area contributed by atoms with Gasteiger partial charge in [-0.15, -0.1) is 0 Å². The summed E-state index contributed by atoms with van der Waals surface area (Å²) in [5.74, 6) is 1.30. The monoisotopic (exact) mass is 368 g/mol. The Morgan fingerprint density at radius 2 is 1.92 bits per heavy atom. The van der Waals surface area contributed by atoms with Crippen LogP contribution in [-0.2, 0) is 6.54 Å². The molecule has 1 aromatic heterocycles. The average molecular weight is 368 g/mol. The number of aryl methyl sites for hydroxylation is 2. The number of hydrogen-bond donors (Lipinski definition) is 0. The average Bonchev–Trinajstić information content (AvgIpc) is 2.96. The highest BCUT2D eigenvalue weighted by Gasteiger charge is 2.17. The molecule has 0 aliphatic carbocycles. The molecule has 26 heavy (non-hydrogen) atoms. The molecule has 0 fully saturated rings. The standard InChI is InChI=1S/C20H20N2O3S/c1-3-8-22-15-11-16-17(25-10-9-24-16)12-18(15)26-20(22)21-19(23)14-7-5-4-6-13(14)2/h4-7,11-12H,3,8-10H2,1-2H3. The predicted molar refractivity (Wildman–Crippen MR) is 102 cm³/mol. The van der Waals surface area contributed by atoms with Gasteiger partial charge in [0.2, 0.25) is 0 Å². The molecular formula is C20H20N2O3S. The highest BCUT2D eigenvalue weighted by molar-refractivity contribution is 7.16. The van der Waals surface area contributed by atoms with Crippen molar-refractivity contribution >= 4 is 27.5 Å². The fraction of sp³-hybridized carbons (Fsp3) is 0.300. The largest absolute Gasteiger partial charge is 0.486 e. The molecule has 6 heteroatoms. The summed E-state index contributed by atoms with van der Waals surface area (Å²) in [5.41, 5.74) is 2.60. The third-order valence-electron chi connectivity index (χ3n) is 4.37. The van der Waals surface area contributed by atoms with Gasteiger partial charge in [0.1, 0.15) is 13.2 Å². The number of nitrogens with zero attached hydrogens (tertiary/aromatic N) is 2. The Labute approximate surface area is 155 Å². The molecule has 3 aromatic rings. The van der Waals surface area contributed by atoms with Gasteiger partial charge in [0, 0.05) is 24.2 Å². The van der Waals surface area contributed by atoms with E-state index in [1.807, 2.05) is 43.3 Å². The summed E-state index contributed by atoms with van der Waals surface area (Å²) in [5, 5.41) is 0. The summed E-state index contributed by atoms with van der Waals surface area (Å²) in [6.45, 7) is 5.94. The summed E-state index contributed by atoms with van der Waals surface area (Å²) in [6.07, 6.45) is 0.950. The van der Waals surface area contributed by atoms with Gasteiger partial charge in [-0.3, -0.25) is 4.79 Å². The number of aromatic nitrogens is 1. The molecule has 0 atom stereocenters. The highest BCUT2D eigenvalue weighted by Crippen LogP contribution is 2.35. The van der Waals surface area contributed by atoms with Crippen LogP contribution in [0.1, 0.15) is 29.3 Å². The quantitative estimate of drug-likeness (QED) is 0.704. The van der Waals surface area contributed by atoms with Crippen LogP contribution < -0.4 is 14.3 Å². The third-order valence-corrected chi connectivity index (χ3v) is 5.41. The Kier molecular flexibility index (Phi) is 4.51. The smallest absolute Gasteiger partial charge is 0.279 e. The van der Waals surface area contributed by atoms with E-state index in [1.54, 1.807) is 0 Å². The number of rotatable bonds is 3. The second-order valence-corrected chi connectivity index (χ2v) is 7.24. The first-order valence-corrected chi connectivity index (χ1v) is 9.56.